The van der Waals surface area contributed by atoms with E-state index < -0.39 is 30.0 Å². The van der Waals surface area contributed by atoms with Crippen molar-refractivity contribution in [1.82, 2.24) is 9.78 Å². The maximum absolute atomic E-state index is 12.5. The van der Waals surface area contributed by atoms with Crippen molar-refractivity contribution in [2.24, 2.45) is 0 Å². The summed E-state index contributed by atoms with van der Waals surface area (Å²) in [5, 5.41) is 8.20. The summed E-state index contributed by atoms with van der Waals surface area (Å²) < 4.78 is 19.0. The fourth-order valence-electron chi connectivity index (χ4n) is 2.89. The van der Waals surface area contributed by atoms with Crippen LogP contribution in [0.5, 0.6) is 0 Å². The molecule has 0 atom stereocenters. The molecule has 1 saturated heterocycles. The number of carbonyl (C=O) groups is 1. The van der Waals surface area contributed by atoms with Crippen LogP contribution in [-0.4, -0.2) is 46.8 Å². The molecular formula is C19H28BN3O4. The van der Waals surface area contributed by atoms with Crippen LogP contribution in [0.25, 0.3) is 10.9 Å². The van der Waals surface area contributed by atoms with E-state index in [0.29, 0.717) is 11.3 Å². The average Bonchev–Trinajstić information content (AvgIpc) is 2.99. The highest BCUT2D eigenvalue weighted by atomic mass is 16.7. The Morgan fingerprint density at radius 1 is 1.19 bits per heavy atom. The van der Waals surface area contributed by atoms with E-state index in [1.165, 1.54) is 4.68 Å². The summed E-state index contributed by atoms with van der Waals surface area (Å²) in [6.07, 6.45) is -0.516. The molecule has 1 aromatic heterocycles. The van der Waals surface area contributed by atoms with Crippen molar-refractivity contribution in [2.75, 3.05) is 12.4 Å². The largest absolute Gasteiger partial charge is 0.494 e. The van der Waals surface area contributed by atoms with Crippen LogP contribution < -0.4 is 10.8 Å². The number of hydrogen-bond donors (Lipinski definition) is 1. The summed E-state index contributed by atoms with van der Waals surface area (Å²) in [4.78, 5) is 12.5. The van der Waals surface area contributed by atoms with Gasteiger partial charge in [0.15, 0.2) is 5.82 Å². The van der Waals surface area contributed by atoms with Crippen LogP contribution in [-0.2, 0) is 14.0 Å². The molecule has 0 bridgehead atoms. The lowest BCUT2D eigenvalue weighted by atomic mass is 9.78. The van der Waals surface area contributed by atoms with Crippen molar-refractivity contribution in [1.29, 1.82) is 0 Å². The fourth-order valence-corrected chi connectivity index (χ4v) is 2.89. The van der Waals surface area contributed by atoms with Crippen LogP contribution in [0.15, 0.2) is 18.2 Å². The number of hydrogen-bond acceptors (Lipinski definition) is 6. The second kappa shape index (κ2) is 6.24. The third-order valence-electron chi connectivity index (χ3n) is 5.03. The summed E-state index contributed by atoms with van der Waals surface area (Å²) in [5.41, 5.74) is 0.103. The molecule has 7 nitrogen and oxygen atoms in total. The lowest BCUT2D eigenvalue weighted by Crippen LogP contribution is -2.41. The number of rotatable bonds is 2. The molecule has 27 heavy (non-hydrogen) atoms. The zero-order chi connectivity index (χ0) is 20.2. The zero-order valence-corrected chi connectivity index (χ0v) is 17.3. The number of benzene rings is 1. The minimum absolute atomic E-state index is 0.418. The number of ether oxygens (including phenoxy) is 1. The average molecular weight is 373 g/mol. The molecule has 3 rings (SSSR count). The molecule has 1 aromatic carbocycles. The monoisotopic (exact) mass is 373 g/mol. The molecule has 2 aromatic rings. The highest BCUT2D eigenvalue weighted by molar-refractivity contribution is 6.62. The molecule has 1 N–H and O–H groups in total. The van der Waals surface area contributed by atoms with E-state index in [9.17, 15) is 4.79 Å². The van der Waals surface area contributed by atoms with Gasteiger partial charge in [-0.2, -0.15) is 4.68 Å². The molecule has 1 fully saturated rings. The molecule has 1 aliphatic heterocycles. The molecule has 0 aliphatic carbocycles. The van der Waals surface area contributed by atoms with Crippen LogP contribution in [0.3, 0.4) is 0 Å². The SMILES string of the molecule is CNc1nn(C(=O)OC(C)(C)C)c2ccc(B3OC(C)(C)C(C)(C)O3)cc12. The normalized spacial score (nSPS) is 18.7. The summed E-state index contributed by atoms with van der Waals surface area (Å²) in [5.74, 6) is 0.592. The number of carbonyl (C=O) groups excluding carboxylic acids is 1. The first-order valence-electron chi connectivity index (χ1n) is 9.14. The van der Waals surface area contributed by atoms with Gasteiger partial charge in [0, 0.05) is 12.4 Å². The molecule has 1 aliphatic rings. The third kappa shape index (κ3) is 3.56. The van der Waals surface area contributed by atoms with E-state index in [1.54, 1.807) is 7.05 Å². The fraction of sp³-hybridized carbons (Fsp3) is 0.579. The summed E-state index contributed by atoms with van der Waals surface area (Å²) in [6, 6.07) is 5.68. The first kappa shape index (κ1) is 19.7. The van der Waals surface area contributed by atoms with Crippen LogP contribution in [0.1, 0.15) is 48.5 Å². The number of anilines is 1. The van der Waals surface area contributed by atoms with E-state index in [2.05, 4.69) is 10.4 Å². The molecule has 0 radical (unpaired) electrons. The topological polar surface area (TPSA) is 74.6 Å². The van der Waals surface area contributed by atoms with E-state index >= 15 is 0 Å². The van der Waals surface area contributed by atoms with Gasteiger partial charge >= 0.3 is 13.2 Å². The van der Waals surface area contributed by atoms with Crippen molar-refractivity contribution in [3.8, 4) is 0 Å². The Bertz CT molecular complexity index is 867. The quantitative estimate of drug-likeness (QED) is 0.816. The predicted octanol–water partition coefficient (Wildman–Crippen LogP) is 3.16. The molecule has 146 valence electrons. The second-order valence-corrected chi connectivity index (χ2v) is 8.86. The molecule has 0 spiro atoms. The van der Waals surface area contributed by atoms with Crippen molar-refractivity contribution in [3.05, 3.63) is 18.2 Å². The molecule has 2 heterocycles. The molecule has 0 unspecified atom stereocenters. The smallest absolute Gasteiger partial charge is 0.442 e. The first-order valence-corrected chi connectivity index (χ1v) is 9.14. The van der Waals surface area contributed by atoms with Crippen molar-refractivity contribution < 1.29 is 18.8 Å². The summed E-state index contributed by atoms with van der Waals surface area (Å²) >= 11 is 0. The van der Waals surface area contributed by atoms with Gasteiger partial charge in [-0.05, 0) is 66.1 Å². The summed E-state index contributed by atoms with van der Waals surface area (Å²) in [7, 11) is 1.29. The molecule has 0 amide bonds. The predicted molar refractivity (Wildman–Crippen MR) is 107 cm³/mol. The van der Waals surface area contributed by atoms with Crippen molar-refractivity contribution in [3.63, 3.8) is 0 Å². The van der Waals surface area contributed by atoms with E-state index in [4.69, 9.17) is 14.0 Å². The maximum Gasteiger partial charge on any atom is 0.494 e. The Morgan fingerprint density at radius 3 is 2.30 bits per heavy atom. The maximum atomic E-state index is 12.5. The number of fused-ring (bicyclic) bond motifs is 1. The van der Waals surface area contributed by atoms with Gasteiger partial charge in [-0.1, -0.05) is 6.07 Å². The Hall–Kier alpha value is -2.06. The van der Waals surface area contributed by atoms with E-state index in [1.807, 2.05) is 66.7 Å². The highest BCUT2D eigenvalue weighted by Crippen LogP contribution is 2.36. The van der Waals surface area contributed by atoms with Gasteiger partial charge in [-0.15, -0.1) is 5.10 Å². The number of aromatic nitrogens is 2. The Morgan fingerprint density at radius 2 is 1.78 bits per heavy atom. The van der Waals surface area contributed by atoms with Gasteiger partial charge in [0.1, 0.15) is 5.60 Å². The molecule has 0 saturated carbocycles. The van der Waals surface area contributed by atoms with Crippen molar-refractivity contribution in [2.45, 2.75) is 65.3 Å². The van der Waals surface area contributed by atoms with Gasteiger partial charge in [0.2, 0.25) is 0 Å². The summed E-state index contributed by atoms with van der Waals surface area (Å²) in [6.45, 7) is 13.6. The third-order valence-corrected chi connectivity index (χ3v) is 5.03. The number of nitrogens with zero attached hydrogens (tertiary/aromatic N) is 2. The van der Waals surface area contributed by atoms with Crippen LogP contribution in [0, 0.1) is 0 Å². The van der Waals surface area contributed by atoms with Gasteiger partial charge < -0.3 is 19.4 Å². The Kier molecular flexibility index (Phi) is 4.55. The Labute approximate surface area is 160 Å². The standard InChI is InChI=1S/C19H28BN3O4/c1-17(2,3)25-16(24)23-14-10-9-12(11-13(14)15(21-8)22-23)20-26-18(4,5)19(6,7)27-20/h9-11H,1-8H3,(H,21,22). The minimum Gasteiger partial charge on any atom is -0.442 e. The van der Waals surface area contributed by atoms with Crippen LogP contribution in [0.4, 0.5) is 10.6 Å². The Balaban J connectivity index is 2.00. The minimum atomic E-state index is -0.599. The van der Waals surface area contributed by atoms with Gasteiger partial charge in [0.05, 0.1) is 16.7 Å². The van der Waals surface area contributed by atoms with Crippen LogP contribution >= 0.6 is 0 Å². The second-order valence-electron chi connectivity index (χ2n) is 8.86. The van der Waals surface area contributed by atoms with E-state index in [-0.39, 0.29) is 0 Å². The van der Waals surface area contributed by atoms with Gasteiger partial charge in [0.25, 0.3) is 0 Å². The zero-order valence-electron chi connectivity index (χ0n) is 17.3. The van der Waals surface area contributed by atoms with Crippen LogP contribution in [0.2, 0.25) is 0 Å². The van der Waals surface area contributed by atoms with Gasteiger partial charge in [-0.3, -0.25) is 0 Å². The molecule has 8 heteroatoms. The highest BCUT2D eigenvalue weighted by Gasteiger charge is 2.51. The first-order chi connectivity index (χ1) is 12.3. The number of nitrogens with one attached hydrogen (secondary N) is 1. The van der Waals surface area contributed by atoms with Crippen molar-refractivity contribution >= 4 is 35.4 Å². The van der Waals surface area contributed by atoms with Gasteiger partial charge in [-0.25, -0.2) is 4.79 Å². The van der Waals surface area contributed by atoms with E-state index in [0.717, 1.165) is 10.8 Å². The molecular weight excluding hydrogens is 345 g/mol. The lowest BCUT2D eigenvalue weighted by molar-refractivity contribution is 0.00578. The lowest BCUT2D eigenvalue weighted by Gasteiger charge is -2.32.